The Morgan fingerprint density at radius 2 is 1.88 bits per heavy atom. The fourth-order valence-electron chi connectivity index (χ4n) is 6.15. The van der Waals surface area contributed by atoms with Crippen molar-refractivity contribution in [3.63, 3.8) is 0 Å². The number of carboxylic acids is 1. The Kier molecular flexibility index (Phi) is 5.38. The lowest BCUT2D eigenvalue weighted by Crippen LogP contribution is -2.47. The average Bonchev–Trinajstić information content (AvgIpc) is 2.90. The third-order valence-corrected chi connectivity index (χ3v) is 7.55. The van der Waals surface area contributed by atoms with Crippen molar-refractivity contribution in [3.8, 4) is 0 Å². The van der Waals surface area contributed by atoms with Gasteiger partial charge >= 0.3 is 5.97 Å². The Bertz CT molecular complexity index is 566. The summed E-state index contributed by atoms with van der Waals surface area (Å²) in [5, 5.41) is 18.1. The highest BCUT2D eigenvalue weighted by atomic mass is 16.4. The first-order valence-electron chi connectivity index (χ1n) is 10.00. The van der Waals surface area contributed by atoms with Crippen LogP contribution in [0.1, 0.15) is 71.6 Å². The van der Waals surface area contributed by atoms with E-state index in [1.165, 1.54) is 31.3 Å². The summed E-state index contributed by atoms with van der Waals surface area (Å²) in [6.45, 7) is 3.93. The molecular weight excluding hydrogens is 316 g/mol. The molecule has 3 fully saturated rings. The number of rotatable bonds is 1. The fraction of sp³-hybridized carbons (Fsp3) is 0.810. The zero-order valence-corrected chi connectivity index (χ0v) is 15.5. The SMILES string of the molecule is CCC(=O)O.C[C@]12CC[C@H]3[C@@H](CCC4=CC(=O)CC[C@@H]43)[C@@H]1CC[C@@H]2O. The molecule has 4 rings (SSSR count). The van der Waals surface area contributed by atoms with Gasteiger partial charge in [-0.15, -0.1) is 0 Å². The van der Waals surface area contributed by atoms with E-state index < -0.39 is 5.97 Å². The zero-order valence-electron chi connectivity index (χ0n) is 15.5. The number of fused-ring (bicyclic) bond motifs is 5. The maximum atomic E-state index is 11.6. The summed E-state index contributed by atoms with van der Waals surface area (Å²) in [5.41, 5.74) is 1.65. The van der Waals surface area contributed by atoms with Crippen LogP contribution in [0.2, 0.25) is 0 Å². The maximum absolute atomic E-state index is 11.6. The standard InChI is InChI=1S/C18H26O2.C3H6O2/c1-18-9-8-14-13-5-3-12(19)10-11(13)2-4-15(14)16(18)6-7-17(18)20;1-2-3(4)5/h10,13-17,20H,2-9H2,1H3;2H2,1H3,(H,4,5)/t13-,14+,15+,16-,17-,18-;/m0./s1. The number of carboxylic acid groups (broad SMARTS) is 1. The number of aliphatic carboxylic acids is 1. The van der Waals surface area contributed by atoms with Crippen LogP contribution in [0.15, 0.2) is 11.6 Å². The van der Waals surface area contributed by atoms with Crippen LogP contribution in [0.25, 0.3) is 0 Å². The molecule has 2 N–H and O–H groups in total. The zero-order chi connectivity index (χ0) is 18.2. The number of carbonyl (C=O) groups excluding carboxylic acids is 1. The average molecular weight is 348 g/mol. The van der Waals surface area contributed by atoms with Gasteiger partial charge in [-0.2, -0.15) is 0 Å². The van der Waals surface area contributed by atoms with Crippen LogP contribution in [0.3, 0.4) is 0 Å². The number of hydrogen-bond acceptors (Lipinski definition) is 3. The predicted octanol–water partition coefficient (Wildman–Crippen LogP) is 3.97. The van der Waals surface area contributed by atoms with Crippen molar-refractivity contribution in [1.82, 2.24) is 0 Å². The summed E-state index contributed by atoms with van der Waals surface area (Å²) >= 11 is 0. The molecule has 140 valence electrons. The fourth-order valence-corrected chi connectivity index (χ4v) is 6.15. The van der Waals surface area contributed by atoms with Gasteiger partial charge in [-0.25, -0.2) is 0 Å². The van der Waals surface area contributed by atoms with Crippen LogP contribution in [0.4, 0.5) is 0 Å². The molecule has 0 aliphatic heterocycles. The summed E-state index contributed by atoms with van der Waals surface area (Å²) in [4.78, 5) is 21.0. The number of aliphatic hydroxyl groups is 1. The molecule has 0 radical (unpaired) electrons. The number of aliphatic hydroxyl groups excluding tert-OH is 1. The summed E-state index contributed by atoms with van der Waals surface area (Å²) in [6.07, 6.45) is 11.1. The maximum Gasteiger partial charge on any atom is 0.303 e. The van der Waals surface area contributed by atoms with E-state index in [4.69, 9.17) is 5.11 Å². The van der Waals surface area contributed by atoms with Crippen LogP contribution in [0.5, 0.6) is 0 Å². The Morgan fingerprint density at radius 1 is 1.16 bits per heavy atom. The smallest absolute Gasteiger partial charge is 0.303 e. The molecule has 0 heterocycles. The summed E-state index contributed by atoms with van der Waals surface area (Å²) in [6, 6.07) is 0. The van der Waals surface area contributed by atoms with E-state index in [0.29, 0.717) is 11.7 Å². The van der Waals surface area contributed by atoms with Gasteiger partial charge in [0.05, 0.1) is 6.10 Å². The molecule has 0 unspecified atom stereocenters. The Morgan fingerprint density at radius 3 is 2.56 bits per heavy atom. The molecule has 6 atom stereocenters. The van der Waals surface area contributed by atoms with Gasteiger partial charge in [-0.3, -0.25) is 9.59 Å². The molecule has 0 amide bonds. The highest BCUT2D eigenvalue weighted by molar-refractivity contribution is 5.91. The highest BCUT2D eigenvalue weighted by Gasteiger charge is 2.55. The Labute approximate surface area is 150 Å². The number of hydrogen-bond donors (Lipinski definition) is 2. The largest absolute Gasteiger partial charge is 0.481 e. The molecule has 0 saturated heterocycles. The topological polar surface area (TPSA) is 74.6 Å². The molecule has 25 heavy (non-hydrogen) atoms. The highest BCUT2D eigenvalue weighted by Crippen LogP contribution is 2.61. The van der Waals surface area contributed by atoms with Gasteiger partial charge in [0.1, 0.15) is 0 Å². The van der Waals surface area contributed by atoms with Crippen LogP contribution in [-0.4, -0.2) is 28.1 Å². The minimum atomic E-state index is -0.745. The molecule has 4 heteroatoms. The molecule has 4 nitrogen and oxygen atoms in total. The summed E-state index contributed by atoms with van der Waals surface area (Å²) in [5.74, 6) is 2.63. The number of ketones is 1. The minimum Gasteiger partial charge on any atom is -0.481 e. The Hall–Kier alpha value is -1.16. The van der Waals surface area contributed by atoms with E-state index in [1.54, 1.807) is 6.92 Å². The first kappa shape index (κ1) is 18.6. The molecule has 0 aromatic carbocycles. The second kappa shape index (κ2) is 7.22. The van der Waals surface area contributed by atoms with Crippen molar-refractivity contribution in [2.24, 2.45) is 29.1 Å². The normalized spacial score (nSPS) is 42.3. The molecule has 0 aromatic rings. The predicted molar refractivity (Wildman–Crippen MR) is 96.0 cm³/mol. The second-order valence-electron chi connectivity index (χ2n) is 8.69. The van der Waals surface area contributed by atoms with E-state index in [-0.39, 0.29) is 17.9 Å². The molecule has 0 bridgehead atoms. The summed E-state index contributed by atoms with van der Waals surface area (Å²) < 4.78 is 0. The first-order valence-corrected chi connectivity index (χ1v) is 10.00. The van der Waals surface area contributed by atoms with Gasteiger partial charge in [-0.05, 0) is 80.1 Å². The van der Waals surface area contributed by atoms with Gasteiger partial charge < -0.3 is 10.2 Å². The quantitative estimate of drug-likeness (QED) is 0.752. The Balaban J connectivity index is 0.000000324. The molecule has 0 spiro atoms. The minimum absolute atomic E-state index is 0.0710. The van der Waals surface area contributed by atoms with Crippen molar-refractivity contribution in [1.29, 1.82) is 0 Å². The molecule has 3 saturated carbocycles. The van der Waals surface area contributed by atoms with Gasteiger partial charge in [-0.1, -0.05) is 19.4 Å². The molecule has 4 aliphatic rings. The first-order chi connectivity index (χ1) is 11.9. The van der Waals surface area contributed by atoms with E-state index in [0.717, 1.165) is 43.4 Å². The number of carbonyl (C=O) groups is 2. The second-order valence-corrected chi connectivity index (χ2v) is 8.69. The van der Waals surface area contributed by atoms with Gasteiger partial charge in [0.25, 0.3) is 0 Å². The van der Waals surface area contributed by atoms with Crippen LogP contribution >= 0.6 is 0 Å². The van der Waals surface area contributed by atoms with Crippen molar-refractivity contribution in [2.45, 2.75) is 77.7 Å². The van der Waals surface area contributed by atoms with Gasteiger partial charge in [0, 0.05) is 12.8 Å². The van der Waals surface area contributed by atoms with Gasteiger partial charge in [0.15, 0.2) is 5.78 Å². The van der Waals surface area contributed by atoms with Crippen molar-refractivity contribution >= 4 is 11.8 Å². The third-order valence-electron chi connectivity index (χ3n) is 7.55. The van der Waals surface area contributed by atoms with Crippen LogP contribution in [-0.2, 0) is 9.59 Å². The van der Waals surface area contributed by atoms with E-state index >= 15 is 0 Å². The number of allylic oxidation sites excluding steroid dienone is 1. The lowest BCUT2D eigenvalue weighted by molar-refractivity contribution is -0.136. The van der Waals surface area contributed by atoms with Crippen molar-refractivity contribution in [2.75, 3.05) is 0 Å². The monoisotopic (exact) mass is 348 g/mol. The summed E-state index contributed by atoms with van der Waals surface area (Å²) in [7, 11) is 0. The van der Waals surface area contributed by atoms with Gasteiger partial charge in [0.2, 0.25) is 0 Å². The molecular formula is C21H32O4. The van der Waals surface area contributed by atoms with Crippen molar-refractivity contribution in [3.05, 3.63) is 11.6 Å². The van der Waals surface area contributed by atoms with E-state index in [1.807, 2.05) is 6.08 Å². The lowest BCUT2D eigenvalue weighted by atomic mass is 9.52. The third kappa shape index (κ3) is 3.42. The molecule has 4 aliphatic carbocycles. The van der Waals surface area contributed by atoms with E-state index in [2.05, 4.69) is 6.92 Å². The molecule has 0 aromatic heterocycles. The van der Waals surface area contributed by atoms with Crippen molar-refractivity contribution < 1.29 is 19.8 Å². The lowest BCUT2D eigenvalue weighted by Gasteiger charge is -2.53. The van der Waals surface area contributed by atoms with E-state index in [9.17, 15) is 14.7 Å². The van der Waals surface area contributed by atoms with Crippen LogP contribution < -0.4 is 0 Å². The van der Waals surface area contributed by atoms with Crippen LogP contribution in [0, 0.1) is 29.1 Å².